The predicted octanol–water partition coefficient (Wildman–Crippen LogP) is 3.84. The van der Waals surface area contributed by atoms with Crippen LogP contribution in [0.3, 0.4) is 0 Å². The first-order valence-electron chi connectivity index (χ1n) is 8.37. The minimum atomic E-state index is -3.77. The van der Waals surface area contributed by atoms with Crippen LogP contribution in [0.4, 0.5) is 4.39 Å². The van der Waals surface area contributed by atoms with Gasteiger partial charge in [0.25, 0.3) is 5.91 Å². The first-order chi connectivity index (χ1) is 13.4. The maximum atomic E-state index is 13.3. The van der Waals surface area contributed by atoms with Crippen LogP contribution in [0.2, 0.25) is 0 Å². The molecule has 0 unspecified atom stereocenters. The molecule has 2 aromatic carbocycles. The minimum Gasteiger partial charge on any atom is -0.497 e. The van der Waals surface area contributed by atoms with Crippen LogP contribution < -0.4 is 10.1 Å². The number of ether oxygens (including phenoxy) is 1. The van der Waals surface area contributed by atoms with Crippen LogP contribution in [0.15, 0.2) is 70.9 Å². The van der Waals surface area contributed by atoms with Crippen LogP contribution in [0, 0.1) is 5.82 Å². The Morgan fingerprint density at radius 3 is 2.50 bits per heavy atom. The number of carbonyl (C=O) groups is 1. The smallest absolute Gasteiger partial charge is 0.251 e. The standard InChI is InChI=1S/C20H18FNO4S2/c1-26-16-7-9-17(10-8-16)28(24,25)19(18-6-3-11-27-18)13-22-20(23)14-4-2-5-15(21)12-14/h2-12,19H,13H2,1H3,(H,22,23)/t19-/m1/s1. The number of amides is 1. The highest BCUT2D eigenvalue weighted by molar-refractivity contribution is 7.91. The molecule has 1 amide bonds. The summed E-state index contributed by atoms with van der Waals surface area (Å²) in [5.41, 5.74) is 0.131. The summed E-state index contributed by atoms with van der Waals surface area (Å²) in [4.78, 5) is 13.1. The van der Waals surface area contributed by atoms with Crippen molar-refractivity contribution in [2.24, 2.45) is 0 Å². The van der Waals surface area contributed by atoms with E-state index in [1.807, 2.05) is 0 Å². The van der Waals surface area contributed by atoms with Crippen LogP contribution >= 0.6 is 11.3 Å². The first kappa shape index (κ1) is 20.0. The molecule has 3 rings (SSSR count). The number of methoxy groups -OCH3 is 1. The van der Waals surface area contributed by atoms with Crippen molar-refractivity contribution in [3.05, 3.63) is 82.3 Å². The highest BCUT2D eigenvalue weighted by atomic mass is 32.2. The molecular formula is C20H18FNO4S2. The van der Waals surface area contributed by atoms with E-state index in [0.717, 1.165) is 6.07 Å². The zero-order valence-electron chi connectivity index (χ0n) is 15.0. The Hall–Kier alpha value is -2.71. The Kier molecular flexibility index (Phi) is 6.11. The van der Waals surface area contributed by atoms with Crippen molar-refractivity contribution in [2.45, 2.75) is 10.1 Å². The normalized spacial score (nSPS) is 12.4. The van der Waals surface area contributed by atoms with Crippen molar-refractivity contribution in [1.29, 1.82) is 0 Å². The second kappa shape index (κ2) is 8.53. The molecule has 0 bridgehead atoms. The van der Waals surface area contributed by atoms with E-state index in [4.69, 9.17) is 4.74 Å². The van der Waals surface area contributed by atoms with Crippen molar-refractivity contribution >= 4 is 27.1 Å². The van der Waals surface area contributed by atoms with Crippen LogP contribution in [-0.2, 0) is 9.84 Å². The summed E-state index contributed by atoms with van der Waals surface area (Å²) in [7, 11) is -2.27. The molecule has 146 valence electrons. The fourth-order valence-electron chi connectivity index (χ4n) is 2.68. The van der Waals surface area contributed by atoms with E-state index in [9.17, 15) is 17.6 Å². The molecule has 0 spiro atoms. The monoisotopic (exact) mass is 419 g/mol. The number of benzene rings is 2. The average molecular weight is 419 g/mol. The van der Waals surface area contributed by atoms with E-state index >= 15 is 0 Å². The Morgan fingerprint density at radius 1 is 1.14 bits per heavy atom. The Labute approximate surface area is 166 Å². The molecule has 1 aromatic heterocycles. The summed E-state index contributed by atoms with van der Waals surface area (Å²) in [6.45, 7) is -0.135. The Balaban J connectivity index is 1.86. The lowest BCUT2D eigenvalue weighted by Crippen LogP contribution is -2.31. The van der Waals surface area contributed by atoms with Gasteiger partial charge in [0.05, 0.1) is 12.0 Å². The van der Waals surface area contributed by atoms with Crippen molar-refractivity contribution in [3.63, 3.8) is 0 Å². The highest BCUT2D eigenvalue weighted by Gasteiger charge is 2.30. The van der Waals surface area contributed by atoms with Gasteiger partial charge in [0, 0.05) is 17.0 Å². The molecule has 1 N–H and O–H groups in total. The number of rotatable bonds is 7. The van der Waals surface area contributed by atoms with Crippen molar-refractivity contribution < 1.29 is 22.3 Å². The number of hydrogen-bond donors (Lipinski definition) is 1. The van der Waals surface area contributed by atoms with E-state index in [0.29, 0.717) is 10.6 Å². The number of carbonyl (C=O) groups excluding carboxylic acids is 1. The molecule has 8 heteroatoms. The van der Waals surface area contributed by atoms with Crippen molar-refractivity contribution in [1.82, 2.24) is 5.32 Å². The summed E-state index contributed by atoms with van der Waals surface area (Å²) in [6, 6.07) is 14.8. The lowest BCUT2D eigenvalue weighted by molar-refractivity contribution is 0.0953. The fraction of sp³-hybridized carbons (Fsp3) is 0.150. The molecule has 0 aliphatic rings. The van der Waals surface area contributed by atoms with Crippen LogP contribution in [0.25, 0.3) is 0 Å². The molecule has 0 saturated heterocycles. The van der Waals surface area contributed by atoms with Gasteiger partial charge in [0.15, 0.2) is 9.84 Å². The molecule has 1 atom stereocenters. The zero-order valence-corrected chi connectivity index (χ0v) is 16.6. The molecule has 28 heavy (non-hydrogen) atoms. The van der Waals surface area contributed by atoms with Gasteiger partial charge < -0.3 is 10.1 Å². The van der Waals surface area contributed by atoms with Crippen LogP contribution in [0.1, 0.15) is 20.5 Å². The maximum absolute atomic E-state index is 13.3. The highest BCUT2D eigenvalue weighted by Crippen LogP contribution is 2.32. The van der Waals surface area contributed by atoms with Gasteiger partial charge in [-0.05, 0) is 53.9 Å². The van der Waals surface area contributed by atoms with Gasteiger partial charge >= 0.3 is 0 Å². The second-order valence-corrected chi connectivity index (χ2v) is 9.05. The molecule has 5 nitrogen and oxygen atoms in total. The molecule has 0 fully saturated rings. The van der Waals surface area contributed by atoms with Crippen LogP contribution in [0.5, 0.6) is 5.75 Å². The fourth-order valence-corrected chi connectivity index (χ4v) is 5.47. The lowest BCUT2D eigenvalue weighted by Gasteiger charge is -2.18. The molecular weight excluding hydrogens is 401 g/mol. The third kappa shape index (κ3) is 4.40. The third-order valence-corrected chi connectivity index (χ3v) is 7.39. The maximum Gasteiger partial charge on any atom is 0.251 e. The van der Waals surface area contributed by atoms with Gasteiger partial charge in [0.2, 0.25) is 0 Å². The number of nitrogens with one attached hydrogen (secondary N) is 1. The average Bonchev–Trinajstić information content (AvgIpc) is 3.22. The second-order valence-electron chi connectivity index (χ2n) is 5.94. The van der Waals surface area contributed by atoms with Gasteiger partial charge in [-0.2, -0.15) is 0 Å². The molecule has 3 aromatic rings. The van der Waals surface area contributed by atoms with Crippen LogP contribution in [-0.4, -0.2) is 28.0 Å². The summed E-state index contributed by atoms with van der Waals surface area (Å²) in [5, 5.41) is 3.43. The third-order valence-electron chi connectivity index (χ3n) is 4.16. The molecule has 0 aliphatic carbocycles. The largest absolute Gasteiger partial charge is 0.497 e. The van der Waals surface area contributed by atoms with Gasteiger partial charge in [-0.1, -0.05) is 12.1 Å². The number of hydrogen-bond acceptors (Lipinski definition) is 5. The summed E-state index contributed by atoms with van der Waals surface area (Å²) < 4.78 is 44.8. The van der Waals surface area contributed by atoms with E-state index in [1.165, 1.54) is 48.8 Å². The van der Waals surface area contributed by atoms with Gasteiger partial charge in [-0.3, -0.25) is 4.79 Å². The van der Waals surface area contributed by atoms with Crippen molar-refractivity contribution in [3.8, 4) is 5.75 Å². The summed E-state index contributed by atoms with van der Waals surface area (Å²) in [6.07, 6.45) is 0. The number of sulfone groups is 1. The zero-order chi connectivity index (χ0) is 20.1. The Morgan fingerprint density at radius 2 is 1.89 bits per heavy atom. The SMILES string of the molecule is COc1ccc(S(=O)(=O)[C@H](CNC(=O)c2cccc(F)c2)c2cccs2)cc1. The van der Waals surface area contributed by atoms with E-state index < -0.39 is 26.8 Å². The Bertz CT molecular complexity index is 1050. The predicted molar refractivity (Wildman–Crippen MR) is 106 cm³/mol. The lowest BCUT2D eigenvalue weighted by atomic mass is 10.2. The van der Waals surface area contributed by atoms with Gasteiger partial charge in [0.1, 0.15) is 16.8 Å². The van der Waals surface area contributed by atoms with Crippen molar-refractivity contribution in [2.75, 3.05) is 13.7 Å². The van der Waals surface area contributed by atoms with E-state index in [2.05, 4.69) is 5.32 Å². The molecule has 0 radical (unpaired) electrons. The summed E-state index contributed by atoms with van der Waals surface area (Å²) in [5.74, 6) is -0.523. The first-order valence-corrected chi connectivity index (χ1v) is 10.8. The van der Waals surface area contributed by atoms with Gasteiger partial charge in [-0.15, -0.1) is 11.3 Å². The van der Waals surface area contributed by atoms with Gasteiger partial charge in [-0.25, -0.2) is 12.8 Å². The van der Waals surface area contributed by atoms with E-state index in [-0.39, 0.29) is 17.0 Å². The summed E-state index contributed by atoms with van der Waals surface area (Å²) >= 11 is 1.29. The molecule has 1 heterocycles. The quantitative estimate of drug-likeness (QED) is 0.632. The van der Waals surface area contributed by atoms with E-state index in [1.54, 1.807) is 29.6 Å². The number of thiophene rings is 1. The molecule has 0 saturated carbocycles. The molecule has 0 aliphatic heterocycles. The number of halogens is 1. The minimum absolute atomic E-state index is 0.131. The topological polar surface area (TPSA) is 72.5 Å².